The molecule has 0 aliphatic carbocycles. The Morgan fingerprint density at radius 2 is 2.00 bits per heavy atom. The van der Waals surface area contributed by atoms with Gasteiger partial charge in [-0.2, -0.15) is 0 Å². The summed E-state index contributed by atoms with van der Waals surface area (Å²) in [5, 5.41) is 2.95. The maximum Gasteiger partial charge on any atom is 0.221 e. The molecule has 0 aliphatic heterocycles. The zero-order valence-electron chi connectivity index (χ0n) is 10.7. The third kappa shape index (κ3) is 6.38. The molecule has 0 radical (unpaired) electrons. The van der Waals surface area contributed by atoms with E-state index >= 15 is 0 Å². The molecule has 1 rings (SSSR count). The highest BCUT2D eigenvalue weighted by atomic mass is 79.9. The molecule has 102 valence electrons. The van der Waals surface area contributed by atoms with Gasteiger partial charge in [-0.1, -0.05) is 34.1 Å². The van der Waals surface area contributed by atoms with E-state index in [2.05, 4.69) is 27.3 Å². The van der Waals surface area contributed by atoms with Crippen molar-refractivity contribution in [3.63, 3.8) is 0 Å². The predicted molar refractivity (Wildman–Crippen MR) is 81.0 cm³/mol. The van der Waals surface area contributed by atoms with E-state index in [1.165, 1.54) is 5.56 Å². The first kappa shape index (κ1) is 17.4. The molecule has 0 heterocycles. The Morgan fingerprint density at radius 3 is 2.56 bits per heavy atom. The first-order valence-electron chi connectivity index (χ1n) is 5.77. The van der Waals surface area contributed by atoms with Crippen LogP contribution in [0.1, 0.15) is 25.8 Å². The van der Waals surface area contributed by atoms with Crippen molar-refractivity contribution in [2.24, 2.45) is 5.73 Å². The molecule has 1 aromatic rings. The zero-order valence-corrected chi connectivity index (χ0v) is 13.1. The Balaban J connectivity index is 0.00000289. The normalized spacial score (nSPS) is 13.3. The standard InChI is InChI=1S/C13H19BrN2O.ClH/c1-9(15)7-13(17)16-10(2)8-11-5-3-4-6-12(11)14;/h3-6,9-10H,7-8,15H2,1-2H3,(H,16,17);1H. The van der Waals surface area contributed by atoms with E-state index < -0.39 is 0 Å². The molecule has 0 bridgehead atoms. The fourth-order valence-corrected chi connectivity index (χ4v) is 2.12. The van der Waals surface area contributed by atoms with Crippen molar-refractivity contribution in [3.05, 3.63) is 34.3 Å². The summed E-state index contributed by atoms with van der Waals surface area (Å²) >= 11 is 3.50. The number of halogens is 2. The van der Waals surface area contributed by atoms with Gasteiger partial charge < -0.3 is 11.1 Å². The topological polar surface area (TPSA) is 55.1 Å². The van der Waals surface area contributed by atoms with Crippen LogP contribution >= 0.6 is 28.3 Å². The average Bonchev–Trinajstić information content (AvgIpc) is 2.19. The maximum atomic E-state index is 11.5. The van der Waals surface area contributed by atoms with Gasteiger partial charge in [-0.15, -0.1) is 12.4 Å². The summed E-state index contributed by atoms with van der Waals surface area (Å²) in [6.45, 7) is 3.83. The molecular formula is C13H20BrClN2O. The summed E-state index contributed by atoms with van der Waals surface area (Å²) in [6.07, 6.45) is 1.19. The largest absolute Gasteiger partial charge is 0.353 e. The van der Waals surface area contributed by atoms with Crippen molar-refractivity contribution in [2.45, 2.75) is 38.8 Å². The number of benzene rings is 1. The van der Waals surface area contributed by atoms with Crippen molar-refractivity contribution in [2.75, 3.05) is 0 Å². The van der Waals surface area contributed by atoms with E-state index in [-0.39, 0.29) is 30.4 Å². The van der Waals surface area contributed by atoms with E-state index in [0.29, 0.717) is 6.42 Å². The van der Waals surface area contributed by atoms with Gasteiger partial charge in [0.1, 0.15) is 0 Å². The summed E-state index contributed by atoms with van der Waals surface area (Å²) in [5.41, 5.74) is 6.77. The Bertz CT molecular complexity index is 385. The Kier molecular flexibility index (Phi) is 8.24. The second-order valence-electron chi connectivity index (χ2n) is 4.45. The minimum Gasteiger partial charge on any atom is -0.353 e. The number of carbonyl (C=O) groups excluding carboxylic acids is 1. The van der Waals surface area contributed by atoms with Gasteiger partial charge in [0, 0.05) is 23.0 Å². The minimum absolute atomic E-state index is 0. The molecular weight excluding hydrogens is 316 g/mol. The van der Waals surface area contributed by atoms with Gasteiger partial charge in [0.05, 0.1) is 0 Å². The molecule has 1 aromatic carbocycles. The van der Waals surface area contributed by atoms with Gasteiger partial charge in [0.15, 0.2) is 0 Å². The van der Waals surface area contributed by atoms with E-state index in [1.807, 2.05) is 32.0 Å². The van der Waals surface area contributed by atoms with Crippen molar-refractivity contribution in [1.82, 2.24) is 5.32 Å². The highest BCUT2D eigenvalue weighted by Gasteiger charge is 2.10. The van der Waals surface area contributed by atoms with Crippen LogP contribution in [0.5, 0.6) is 0 Å². The molecule has 3 N–H and O–H groups in total. The van der Waals surface area contributed by atoms with Crippen LogP contribution in [0.25, 0.3) is 0 Å². The van der Waals surface area contributed by atoms with Crippen LogP contribution < -0.4 is 11.1 Å². The third-order valence-electron chi connectivity index (χ3n) is 2.40. The fourth-order valence-electron chi connectivity index (χ4n) is 1.67. The third-order valence-corrected chi connectivity index (χ3v) is 3.17. The van der Waals surface area contributed by atoms with Crippen molar-refractivity contribution in [1.29, 1.82) is 0 Å². The van der Waals surface area contributed by atoms with Crippen LogP contribution in [0.4, 0.5) is 0 Å². The monoisotopic (exact) mass is 334 g/mol. The van der Waals surface area contributed by atoms with Crippen LogP contribution in [0.2, 0.25) is 0 Å². The van der Waals surface area contributed by atoms with Crippen LogP contribution in [0.3, 0.4) is 0 Å². The average molecular weight is 336 g/mol. The molecule has 2 unspecified atom stereocenters. The van der Waals surface area contributed by atoms with Gasteiger partial charge in [0.2, 0.25) is 5.91 Å². The Labute approximate surface area is 123 Å². The number of rotatable bonds is 5. The lowest BCUT2D eigenvalue weighted by molar-refractivity contribution is -0.121. The van der Waals surface area contributed by atoms with Gasteiger partial charge in [0.25, 0.3) is 0 Å². The maximum absolute atomic E-state index is 11.5. The van der Waals surface area contributed by atoms with E-state index in [1.54, 1.807) is 0 Å². The summed E-state index contributed by atoms with van der Waals surface area (Å²) in [6, 6.07) is 8.05. The molecule has 0 aliphatic rings. The molecule has 0 aromatic heterocycles. The first-order valence-corrected chi connectivity index (χ1v) is 6.56. The van der Waals surface area contributed by atoms with E-state index in [9.17, 15) is 4.79 Å². The lowest BCUT2D eigenvalue weighted by Crippen LogP contribution is -2.37. The summed E-state index contributed by atoms with van der Waals surface area (Å²) < 4.78 is 1.08. The highest BCUT2D eigenvalue weighted by molar-refractivity contribution is 9.10. The minimum atomic E-state index is -0.0920. The molecule has 2 atom stereocenters. The molecule has 0 fully saturated rings. The van der Waals surface area contributed by atoms with E-state index in [0.717, 1.165) is 10.9 Å². The fraction of sp³-hybridized carbons (Fsp3) is 0.462. The predicted octanol–water partition coefficient (Wildman–Crippen LogP) is 2.66. The molecule has 3 nitrogen and oxygen atoms in total. The molecule has 18 heavy (non-hydrogen) atoms. The number of nitrogens with two attached hydrogens (primary N) is 1. The molecule has 0 spiro atoms. The van der Waals surface area contributed by atoms with Gasteiger partial charge >= 0.3 is 0 Å². The second-order valence-corrected chi connectivity index (χ2v) is 5.30. The second kappa shape index (κ2) is 8.51. The molecule has 0 saturated heterocycles. The van der Waals surface area contributed by atoms with Crippen LogP contribution in [-0.2, 0) is 11.2 Å². The summed E-state index contributed by atoms with van der Waals surface area (Å²) in [7, 11) is 0. The Hall–Kier alpha value is -0.580. The summed E-state index contributed by atoms with van der Waals surface area (Å²) in [4.78, 5) is 11.5. The summed E-state index contributed by atoms with van der Waals surface area (Å²) in [5.74, 6) is 0.0135. The van der Waals surface area contributed by atoms with Gasteiger partial charge in [-0.3, -0.25) is 4.79 Å². The first-order chi connectivity index (χ1) is 7.99. The quantitative estimate of drug-likeness (QED) is 0.869. The van der Waals surface area contributed by atoms with Gasteiger partial charge in [-0.25, -0.2) is 0 Å². The number of carbonyl (C=O) groups is 1. The Morgan fingerprint density at radius 1 is 1.39 bits per heavy atom. The van der Waals surface area contributed by atoms with Crippen molar-refractivity contribution in [3.8, 4) is 0 Å². The molecule has 1 amide bonds. The smallest absolute Gasteiger partial charge is 0.221 e. The van der Waals surface area contributed by atoms with Crippen LogP contribution in [0, 0.1) is 0 Å². The lowest BCUT2D eigenvalue weighted by atomic mass is 10.1. The number of hydrogen-bond donors (Lipinski definition) is 2. The lowest BCUT2D eigenvalue weighted by Gasteiger charge is -2.15. The molecule has 0 saturated carbocycles. The van der Waals surface area contributed by atoms with Crippen LogP contribution in [-0.4, -0.2) is 18.0 Å². The van der Waals surface area contributed by atoms with Gasteiger partial charge in [-0.05, 0) is 31.9 Å². The number of amides is 1. The van der Waals surface area contributed by atoms with Crippen LogP contribution in [0.15, 0.2) is 28.7 Å². The van der Waals surface area contributed by atoms with Crippen molar-refractivity contribution < 1.29 is 4.79 Å². The number of nitrogens with one attached hydrogen (secondary N) is 1. The van der Waals surface area contributed by atoms with Crippen molar-refractivity contribution >= 4 is 34.2 Å². The highest BCUT2D eigenvalue weighted by Crippen LogP contribution is 2.17. The number of hydrogen-bond acceptors (Lipinski definition) is 2. The SMILES string of the molecule is CC(N)CC(=O)NC(C)Cc1ccccc1Br.Cl. The zero-order chi connectivity index (χ0) is 12.8. The molecule has 5 heteroatoms. The van der Waals surface area contributed by atoms with E-state index in [4.69, 9.17) is 5.73 Å².